The molecule has 0 aliphatic heterocycles. The van der Waals surface area contributed by atoms with Crippen molar-refractivity contribution >= 4 is 16.8 Å². The fraction of sp³-hybridized carbons (Fsp3) is 0.333. The van der Waals surface area contributed by atoms with Crippen molar-refractivity contribution in [2.45, 2.75) is 0 Å². The number of benzene rings is 1. The Hall–Kier alpha value is -1.92. The van der Waals surface area contributed by atoms with Gasteiger partial charge in [0, 0.05) is 17.5 Å². The van der Waals surface area contributed by atoms with Gasteiger partial charge in [0.25, 0.3) is 5.91 Å². The first-order valence-electron chi connectivity index (χ1n) is 5.71. The number of ether oxygens (including phenoxy) is 1. The molecule has 0 fully saturated rings. The van der Waals surface area contributed by atoms with Crippen LogP contribution in [0.2, 0.25) is 0 Å². The van der Waals surface area contributed by atoms with Crippen molar-refractivity contribution in [3.63, 3.8) is 0 Å². The summed E-state index contributed by atoms with van der Waals surface area (Å²) in [4.78, 5) is 11.8. The Morgan fingerprint density at radius 1 is 1.44 bits per heavy atom. The normalized spacial score (nSPS) is 10.7. The van der Waals surface area contributed by atoms with Gasteiger partial charge in [-0.3, -0.25) is 9.89 Å². The lowest BCUT2D eigenvalue weighted by Gasteiger charge is -2.05. The Kier molecular flexibility index (Phi) is 4.27. The smallest absolute Gasteiger partial charge is 0.251 e. The number of rotatable bonds is 6. The van der Waals surface area contributed by atoms with Gasteiger partial charge >= 0.3 is 0 Å². The maximum absolute atomic E-state index is 11.8. The molecule has 0 atom stereocenters. The van der Waals surface area contributed by atoms with E-state index in [0.29, 0.717) is 18.7 Å². The second-order valence-corrected chi connectivity index (χ2v) is 3.76. The molecule has 0 aliphatic carbocycles. The second-order valence-electron chi connectivity index (χ2n) is 3.76. The molecule has 1 amide bonds. The number of carbonyl (C=O) groups is 1. The van der Waals surface area contributed by atoms with Gasteiger partial charge in [-0.05, 0) is 12.1 Å². The Morgan fingerprint density at radius 2 is 2.33 bits per heavy atom. The standard InChI is InChI=1S/C12H15N3O3/c16-4-6-18-5-3-13-12(17)9-1-2-10-8-14-15-11(10)7-9/h1-2,7-8,16H,3-6H2,(H,13,17)(H,14,15). The quantitative estimate of drug-likeness (QED) is 0.643. The Morgan fingerprint density at radius 3 is 3.17 bits per heavy atom. The third-order valence-electron chi connectivity index (χ3n) is 2.47. The van der Waals surface area contributed by atoms with E-state index in [9.17, 15) is 4.79 Å². The summed E-state index contributed by atoms with van der Waals surface area (Å²) in [6.45, 7) is 1.08. The lowest BCUT2D eigenvalue weighted by molar-refractivity contribution is 0.0838. The molecule has 0 unspecified atom stereocenters. The summed E-state index contributed by atoms with van der Waals surface area (Å²) in [5.74, 6) is -0.154. The van der Waals surface area contributed by atoms with Gasteiger partial charge in [-0.25, -0.2) is 0 Å². The van der Waals surface area contributed by atoms with E-state index >= 15 is 0 Å². The van der Waals surface area contributed by atoms with Crippen LogP contribution in [0.5, 0.6) is 0 Å². The van der Waals surface area contributed by atoms with Gasteiger partial charge in [-0.1, -0.05) is 6.07 Å². The van der Waals surface area contributed by atoms with Crippen molar-refractivity contribution in [3.8, 4) is 0 Å². The lowest BCUT2D eigenvalue weighted by Crippen LogP contribution is -2.27. The first-order chi connectivity index (χ1) is 8.81. The van der Waals surface area contributed by atoms with E-state index in [1.54, 1.807) is 18.3 Å². The molecule has 3 N–H and O–H groups in total. The van der Waals surface area contributed by atoms with Gasteiger partial charge in [0.05, 0.1) is 31.5 Å². The van der Waals surface area contributed by atoms with Crippen LogP contribution in [0.25, 0.3) is 10.9 Å². The Bertz CT molecular complexity index is 524. The average Bonchev–Trinajstić information content (AvgIpc) is 2.85. The van der Waals surface area contributed by atoms with E-state index in [1.165, 1.54) is 0 Å². The molecule has 0 saturated heterocycles. The number of carbonyl (C=O) groups excluding carboxylic acids is 1. The van der Waals surface area contributed by atoms with Crippen LogP contribution in [-0.4, -0.2) is 47.6 Å². The highest BCUT2D eigenvalue weighted by atomic mass is 16.5. The molecule has 1 aromatic heterocycles. The van der Waals surface area contributed by atoms with Crippen molar-refractivity contribution in [3.05, 3.63) is 30.0 Å². The molecule has 96 valence electrons. The molecule has 0 bridgehead atoms. The maximum atomic E-state index is 11.8. The number of H-pyrrole nitrogens is 1. The molecule has 6 nitrogen and oxygen atoms in total. The van der Waals surface area contributed by atoms with Crippen LogP contribution in [0.1, 0.15) is 10.4 Å². The first-order valence-corrected chi connectivity index (χ1v) is 5.71. The zero-order valence-corrected chi connectivity index (χ0v) is 9.85. The third-order valence-corrected chi connectivity index (χ3v) is 2.47. The zero-order valence-electron chi connectivity index (χ0n) is 9.85. The van der Waals surface area contributed by atoms with E-state index in [2.05, 4.69) is 15.5 Å². The van der Waals surface area contributed by atoms with E-state index in [-0.39, 0.29) is 19.1 Å². The van der Waals surface area contributed by atoms with Gasteiger partial charge in [-0.15, -0.1) is 0 Å². The number of aromatic nitrogens is 2. The van der Waals surface area contributed by atoms with Crippen LogP contribution >= 0.6 is 0 Å². The number of hydrogen-bond acceptors (Lipinski definition) is 4. The number of nitrogens with zero attached hydrogens (tertiary/aromatic N) is 1. The Balaban J connectivity index is 1.88. The number of hydrogen-bond donors (Lipinski definition) is 3. The average molecular weight is 249 g/mol. The van der Waals surface area contributed by atoms with Gasteiger partial charge in [-0.2, -0.15) is 5.10 Å². The van der Waals surface area contributed by atoms with Crippen molar-refractivity contribution < 1.29 is 14.6 Å². The molecular weight excluding hydrogens is 234 g/mol. The summed E-state index contributed by atoms with van der Waals surface area (Å²) in [5.41, 5.74) is 1.41. The van der Waals surface area contributed by atoms with Crippen molar-refractivity contribution in [1.82, 2.24) is 15.5 Å². The number of aliphatic hydroxyl groups excluding tert-OH is 1. The van der Waals surface area contributed by atoms with Crippen molar-refractivity contribution in [1.29, 1.82) is 0 Å². The fourth-order valence-corrected chi connectivity index (χ4v) is 1.58. The minimum Gasteiger partial charge on any atom is -0.394 e. The fourth-order valence-electron chi connectivity index (χ4n) is 1.58. The van der Waals surface area contributed by atoms with Crippen LogP contribution in [0.3, 0.4) is 0 Å². The molecule has 2 aromatic rings. The summed E-state index contributed by atoms with van der Waals surface area (Å²) in [5, 5.41) is 18.9. The highest BCUT2D eigenvalue weighted by Gasteiger charge is 2.06. The predicted molar refractivity (Wildman–Crippen MR) is 66.3 cm³/mol. The van der Waals surface area contributed by atoms with Gasteiger partial charge in [0.2, 0.25) is 0 Å². The van der Waals surface area contributed by atoms with Gasteiger partial charge < -0.3 is 15.2 Å². The summed E-state index contributed by atoms with van der Waals surface area (Å²) < 4.78 is 5.05. The number of amides is 1. The monoisotopic (exact) mass is 249 g/mol. The summed E-state index contributed by atoms with van der Waals surface area (Å²) in [6, 6.07) is 5.35. The minimum atomic E-state index is -0.154. The highest BCUT2D eigenvalue weighted by molar-refractivity contribution is 5.97. The second kappa shape index (κ2) is 6.13. The first kappa shape index (κ1) is 12.5. The van der Waals surface area contributed by atoms with Crippen LogP contribution in [0.15, 0.2) is 24.4 Å². The van der Waals surface area contributed by atoms with Crippen LogP contribution in [0.4, 0.5) is 0 Å². The lowest BCUT2D eigenvalue weighted by atomic mass is 10.1. The van der Waals surface area contributed by atoms with Crippen LogP contribution in [0, 0.1) is 0 Å². The minimum absolute atomic E-state index is 0.00949. The van der Waals surface area contributed by atoms with E-state index in [4.69, 9.17) is 9.84 Å². The molecule has 0 radical (unpaired) electrons. The Labute approximate surface area is 104 Å². The molecule has 0 spiro atoms. The largest absolute Gasteiger partial charge is 0.394 e. The molecule has 0 saturated carbocycles. The molecule has 1 heterocycles. The van der Waals surface area contributed by atoms with E-state index in [1.807, 2.05) is 6.07 Å². The zero-order chi connectivity index (χ0) is 12.8. The summed E-state index contributed by atoms with van der Waals surface area (Å²) in [7, 11) is 0. The topological polar surface area (TPSA) is 87.2 Å². The number of nitrogens with one attached hydrogen (secondary N) is 2. The van der Waals surface area contributed by atoms with Gasteiger partial charge in [0.1, 0.15) is 0 Å². The number of fused-ring (bicyclic) bond motifs is 1. The summed E-state index contributed by atoms with van der Waals surface area (Å²) >= 11 is 0. The highest BCUT2D eigenvalue weighted by Crippen LogP contribution is 2.12. The van der Waals surface area contributed by atoms with Crippen LogP contribution in [-0.2, 0) is 4.74 Å². The molecule has 18 heavy (non-hydrogen) atoms. The molecule has 2 rings (SSSR count). The third kappa shape index (κ3) is 3.06. The SMILES string of the molecule is O=C(NCCOCCO)c1ccc2cn[nH]c2c1. The van der Waals surface area contributed by atoms with E-state index < -0.39 is 0 Å². The molecule has 1 aromatic carbocycles. The molecular formula is C12H15N3O3. The number of aliphatic hydroxyl groups is 1. The number of aromatic amines is 1. The van der Waals surface area contributed by atoms with Crippen LogP contribution < -0.4 is 5.32 Å². The molecule has 0 aliphatic rings. The van der Waals surface area contributed by atoms with E-state index in [0.717, 1.165) is 10.9 Å². The predicted octanol–water partition coefficient (Wildman–Crippen LogP) is 0.302. The van der Waals surface area contributed by atoms with Crippen molar-refractivity contribution in [2.24, 2.45) is 0 Å². The van der Waals surface area contributed by atoms with Crippen molar-refractivity contribution in [2.75, 3.05) is 26.4 Å². The maximum Gasteiger partial charge on any atom is 0.251 e. The summed E-state index contributed by atoms with van der Waals surface area (Å²) in [6.07, 6.45) is 1.71. The van der Waals surface area contributed by atoms with Gasteiger partial charge in [0.15, 0.2) is 0 Å². The molecule has 6 heteroatoms.